The molecule has 0 atom stereocenters. The molecule has 2 heterocycles. The monoisotopic (exact) mass is 287 g/mol. The van der Waals surface area contributed by atoms with Gasteiger partial charge in [0.2, 0.25) is 5.13 Å². The number of aryl methyl sites for hydroxylation is 1. The number of benzene rings is 1. The normalized spacial score (nSPS) is 10.4. The van der Waals surface area contributed by atoms with Crippen molar-refractivity contribution in [3.63, 3.8) is 0 Å². The van der Waals surface area contributed by atoms with Crippen molar-refractivity contribution in [1.29, 1.82) is 0 Å². The van der Waals surface area contributed by atoms with Gasteiger partial charge in [0.15, 0.2) is 0 Å². The minimum atomic E-state index is -0.254. The van der Waals surface area contributed by atoms with Crippen LogP contribution in [-0.4, -0.2) is 36.3 Å². The van der Waals surface area contributed by atoms with Crippen LogP contribution in [0.5, 0.6) is 0 Å². The van der Waals surface area contributed by atoms with E-state index in [-0.39, 0.29) is 5.91 Å². The molecule has 2 aromatic heterocycles. The van der Waals surface area contributed by atoms with Gasteiger partial charge >= 0.3 is 0 Å². The molecule has 0 aliphatic rings. The number of aromatic nitrogens is 6. The van der Waals surface area contributed by atoms with Crippen LogP contribution in [-0.2, 0) is 0 Å². The summed E-state index contributed by atoms with van der Waals surface area (Å²) in [5, 5.41) is 22.6. The molecule has 1 aromatic carbocycles. The number of nitrogens with zero attached hydrogens (tertiary/aromatic N) is 6. The zero-order chi connectivity index (χ0) is 13.9. The number of hydrogen-bond acceptors (Lipinski definition) is 7. The number of hydrogen-bond donors (Lipinski definition) is 1. The molecule has 0 radical (unpaired) electrons. The molecule has 1 N–H and O–H groups in total. The molecule has 0 fully saturated rings. The Hall–Kier alpha value is -2.68. The van der Waals surface area contributed by atoms with Gasteiger partial charge in [0, 0.05) is 5.56 Å². The highest BCUT2D eigenvalue weighted by atomic mass is 32.1. The Morgan fingerprint density at radius 3 is 2.95 bits per heavy atom. The molecule has 0 saturated heterocycles. The largest absolute Gasteiger partial charge is 0.296 e. The van der Waals surface area contributed by atoms with Crippen molar-refractivity contribution >= 4 is 22.4 Å². The van der Waals surface area contributed by atoms with Crippen molar-refractivity contribution < 1.29 is 4.79 Å². The average Bonchev–Trinajstić information content (AvgIpc) is 3.11. The standard InChI is InChI=1S/C11H9N7OS/c1-7-14-15-11(20-7)13-10(19)8-3-2-4-9(5-8)18-6-12-16-17-18/h2-6H,1H3,(H,13,15,19). The molecule has 0 spiro atoms. The summed E-state index contributed by atoms with van der Waals surface area (Å²) in [5.41, 5.74) is 1.20. The minimum absolute atomic E-state index is 0.254. The fraction of sp³-hybridized carbons (Fsp3) is 0.0909. The van der Waals surface area contributed by atoms with Crippen LogP contribution in [0.25, 0.3) is 5.69 Å². The molecule has 100 valence electrons. The first-order valence-electron chi connectivity index (χ1n) is 5.67. The van der Waals surface area contributed by atoms with Gasteiger partial charge in [-0.15, -0.1) is 15.3 Å². The highest BCUT2D eigenvalue weighted by Gasteiger charge is 2.10. The molecule has 1 amide bonds. The van der Waals surface area contributed by atoms with Crippen molar-refractivity contribution in [1.82, 2.24) is 30.4 Å². The molecule has 20 heavy (non-hydrogen) atoms. The Bertz CT molecular complexity index is 737. The lowest BCUT2D eigenvalue weighted by atomic mass is 10.2. The molecule has 0 saturated carbocycles. The summed E-state index contributed by atoms with van der Waals surface area (Å²) in [5.74, 6) is -0.254. The van der Waals surface area contributed by atoms with Crippen molar-refractivity contribution in [3.8, 4) is 5.69 Å². The lowest BCUT2D eigenvalue weighted by Gasteiger charge is -2.03. The Morgan fingerprint density at radius 1 is 1.35 bits per heavy atom. The smallest absolute Gasteiger partial charge is 0.257 e. The third-order valence-corrected chi connectivity index (χ3v) is 3.22. The molecular formula is C11H9N7OS. The Balaban J connectivity index is 1.83. The summed E-state index contributed by atoms with van der Waals surface area (Å²) in [7, 11) is 0. The average molecular weight is 287 g/mol. The number of carbonyl (C=O) groups is 1. The maximum Gasteiger partial charge on any atom is 0.257 e. The highest BCUT2D eigenvalue weighted by molar-refractivity contribution is 7.15. The number of carbonyl (C=O) groups excluding carboxylic acids is 1. The second-order valence-corrected chi connectivity index (χ2v) is 5.07. The summed E-state index contributed by atoms with van der Waals surface area (Å²) in [6, 6.07) is 6.97. The maximum absolute atomic E-state index is 12.1. The number of rotatable bonds is 3. The third-order valence-electron chi connectivity index (χ3n) is 2.47. The van der Waals surface area contributed by atoms with E-state index in [0.717, 1.165) is 5.01 Å². The SMILES string of the molecule is Cc1nnc(NC(=O)c2cccc(-n3cnnn3)c2)s1. The van der Waals surface area contributed by atoms with Crippen LogP contribution >= 0.6 is 11.3 Å². The van der Waals surface area contributed by atoms with E-state index in [1.54, 1.807) is 18.2 Å². The zero-order valence-electron chi connectivity index (χ0n) is 10.4. The lowest BCUT2D eigenvalue weighted by Crippen LogP contribution is -2.12. The summed E-state index contributed by atoms with van der Waals surface area (Å²) in [6.07, 6.45) is 1.46. The lowest BCUT2D eigenvalue weighted by molar-refractivity contribution is 0.102. The minimum Gasteiger partial charge on any atom is -0.296 e. The maximum atomic E-state index is 12.1. The Kier molecular flexibility index (Phi) is 3.17. The van der Waals surface area contributed by atoms with Gasteiger partial charge in [-0.25, -0.2) is 4.68 Å². The molecule has 0 aliphatic heterocycles. The molecule has 3 rings (SSSR count). The fourth-order valence-corrected chi connectivity index (χ4v) is 2.17. The zero-order valence-corrected chi connectivity index (χ0v) is 11.2. The summed E-state index contributed by atoms with van der Waals surface area (Å²) in [4.78, 5) is 12.1. The molecule has 0 unspecified atom stereocenters. The first-order chi connectivity index (χ1) is 9.72. The van der Waals surface area contributed by atoms with Crippen LogP contribution in [0, 0.1) is 6.92 Å². The van der Waals surface area contributed by atoms with E-state index < -0.39 is 0 Å². The van der Waals surface area contributed by atoms with Crippen LogP contribution in [0.4, 0.5) is 5.13 Å². The molecule has 0 bridgehead atoms. The van der Waals surface area contributed by atoms with E-state index in [4.69, 9.17) is 0 Å². The van der Waals surface area contributed by atoms with Gasteiger partial charge in [0.1, 0.15) is 11.3 Å². The summed E-state index contributed by atoms with van der Waals surface area (Å²) >= 11 is 1.32. The molecule has 9 heteroatoms. The van der Waals surface area contributed by atoms with E-state index in [2.05, 4.69) is 31.0 Å². The van der Waals surface area contributed by atoms with E-state index in [0.29, 0.717) is 16.4 Å². The van der Waals surface area contributed by atoms with Gasteiger partial charge in [0.05, 0.1) is 5.69 Å². The van der Waals surface area contributed by atoms with Gasteiger partial charge < -0.3 is 0 Å². The van der Waals surface area contributed by atoms with E-state index in [1.807, 2.05) is 13.0 Å². The van der Waals surface area contributed by atoms with Crippen molar-refractivity contribution in [2.75, 3.05) is 5.32 Å². The second-order valence-electron chi connectivity index (χ2n) is 3.89. The fourth-order valence-electron chi connectivity index (χ4n) is 1.59. The van der Waals surface area contributed by atoms with Crippen molar-refractivity contribution in [2.45, 2.75) is 6.92 Å². The number of nitrogens with one attached hydrogen (secondary N) is 1. The van der Waals surface area contributed by atoms with E-state index in [9.17, 15) is 4.79 Å². The molecule has 8 nitrogen and oxygen atoms in total. The number of anilines is 1. The second kappa shape index (κ2) is 5.13. The topological polar surface area (TPSA) is 98.5 Å². The van der Waals surface area contributed by atoms with E-state index in [1.165, 1.54) is 22.3 Å². The van der Waals surface area contributed by atoms with Crippen LogP contribution in [0.15, 0.2) is 30.6 Å². The molecule has 3 aromatic rings. The predicted octanol–water partition coefficient (Wildman–Crippen LogP) is 1.07. The Labute approximate surface area is 117 Å². The van der Waals surface area contributed by atoms with Crippen molar-refractivity contribution in [3.05, 3.63) is 41.2 Å². The van der Waals surface area contributed by atoms with Gasteiger partial charge in [-0.1, -0.05) is 17.4 Å². The van der Waals surface area contributed by atoms with Gasteiger partial charge in [0.25, 0.3) is 5.91 Å². The van der Waals surface area contributed by atoms with Gasteiger partial charge in [-0.2, -0.15) is 0 Å². The van der Waals surface area contributed by atoms with Crippen LogP contribution in [0.1, 0.15) is 15.4 Å². The van der Waals surface area contributed by atoms with Crippen LogP contribution in [0.3, 0.4) is 0 Å². The Morgan fingerprint density at radius 2 is 2.25 bits per heavy atom. The first-order valence-corrected chi connectivity index (χ1v) is 6.49. The number of amides is 1. The highest BCUT2D eigenvalue weighted by Crippen LogP contribution is 2.16. The molecule has 0 aliphatic carbocycles. The van der Waals surface area contributed by atoms with Crippen LogP contribution in [0.2, 0.25) is 0 Å². The predicted molar refractivity (Wildman–Crippen MR) is 71.8 cm³/mol. The summed E-state index contributed by atoms with van der Waals surface area (Å²) < 4.78 is 1.48. The summed E-state index contributed by atoms with van der Waals surface area (Å²) in [6.45, 7) is 1.83. The van der Waals surface area contributed by atoms with Gasteiger partial charge in [-0.3, -0.25) is 10.1 Å². The third kappa shape index (κ3) is 2.52. The van der Waals surface area contributed by atoms with Crippen LogP contribution < -0.4 is 5.32 Å². The molecular weight excluding hydrogens is 278 g/mol. The van der Waals surface area contributed by atoms with E-state index >= 15 is 0 Å². The first kappa shape index (κ1) is 12.4. The number of tetrazole rings is 1. The quantitative estimate of drug-likeness (QED) is 0.773. The van der Waals surface area contributed by atoms with Gasteiger partial charge in [-0.05, 0) is 35.5 Å². The van der Waals surface area contributed by atoms with Crippen molar-refractivity contribution in [2.24, 2.45) is 0 Å².